The molecule has 1 heterocycles. The number of benzene rings is 1. The van der Waals surface area contributed by atoms with Crippen LogP contribution in [0.25, 0.3) is 0 Å². The summed E-state index contributed by atoms with van der Waals surface area (Å²) < 4.78 is 15.8. The van der Waals surface area contributed by atoms with E-state index in [4.69, 9.17) is 19.5 Å². The smallest absolute Gasteiger partial charge is 0.124 e. The van der Waals surface area contributed by atoms with Gasteiger partial charge in [-0.15, -0.1) is 0 Å². The monoisotopic (exact) mass is 219 g/mol. The number of nitriles is 1. The molecular weight excluding hydrogens is 206 g/mol. The molecule has 4 heteroatoms. The first kappa shape index (κ1) is 10.9. The van der Waals surface area contributed by atoms with Crippen LogP contribution in [0.2, 0.25) is 0 Å². The fraction of sp³-hybridized carbons (Fsp3) is 0.417. The summed E-state index contributed by atoms with van der Waals surface area (Å²) in [5.74, 6) is 0.749. The van der Waals surface area contributed by atoms with Crippen molar-refractivity contribution in [1.29, 1.82) is 5.26 Å². The summed E-state index contributed by atoms with van der Waals surface area (Å²) in [7, 11) is 1.61. The van der Waals surface area contributed by atoms with E-state index in [2.05, 4.69) is 6.07 Å². The van der Waals surface area contributed by atoms with Gasteiger partial charge in [0, 0.05) is 5.56 Å². The lowest BCUT2D eigenvalue weighted by Crippen LogP contribution is -2.35. The number of hydrogen-bond donors (Lipinski definition) is 0. The van der Waals surface area contributed by atoms with Crippen molar-refractivity contribution < 1.29 is 14.2 Å². The van der Waals surface area contributed by atoms with Gasteiger partial charge < -0.3 is 14.2 Å². The van der Waals surface area contributed by atoms with Gasteiger partial charge in [-0.3, -0.25) is 0 Å². The van der Waals surface area contributed by atoms with Crippen molar-refractivity contribution in [3.8, 4) is 11.8 Å². The van der Waals surface area contributed by atoms with E-state index < -0.39 is 0 Å². The number of hydrogen-bond acceptors (Lipinski definition) is 4. The highest BCUT2D eigenvalue weighted by Crippen LogP contribution is 2.21. The van der Waals surface area contributed by atoms with Crippen LogP contribution >= 0.6 is 0 Å². The molecule has 4 nitrogen and oxygen atoms in total. The van der Waals surface area contributed by atoms with Gasteiger partial charge in [0.05, 0.1) is 38.6 Å². The SMILES string of the molecule is COc1ccc(C#N)cc1COC1COC1. The second-order valence-electron chi connectivity index (χ2n) is 3.61. The van der Waals surface area contributed by atoms with Crippen LogP contribution in [0, 0.1) is 11.3 Å². The lowest BCUT2D eigenvalue weighted by Gasteiger charge is -2.26. The van der Waals surface area contributed by atoms with Crippen molar-refractivity contribution in [3.63, 3.8) is 0 Å². The van der Waals surface area contributed by atoms with Gasteiger partial charge in [0.15, 0.2) is 0 Å². The Balaban J connectivity index is 2.06. The van der Waals surface area contributed by atoms with E-state index in [1.165, 1.54) is 0 Å². The molecule has 1 aliphatic rings. The van der Waals surface area contributed by atoms with Crippen LogP contribution in [0.3, 0.4) is 0 Å². The summed E-state index contributed by atoms with van der Waals surface area (Å²) in [5, 5.41) is 8.81. The summed E-state index contributed by atoms with van der Waals surface area (Å²) in [4.78, 5) is 0. The van der Waals surface area contributed by atoms with Crippen LogP contribution in [0.4, 0.5) is 0 Å². The average molecular weight is 219 g/mol. The first-order valence-corrected chi connectivity index (χ1v) is 5.10. The normalized spacial score (nSPS) is 15.2. The summed E-state index contributed by atoms with van der Waals surface area (Å²) >= 11 is 0. The molecule has 0 amide bonds. The Morgan fingerprint density at radius 1 is 1.50 bits per heavy atom. The fourth-order valence-corrected chi connectivity index (χ4v) is 1.48. The average Bonchev–Trinajstić information content (AvgIpc) is 2.26. The topological polar surface area (TPSA) is 51.5 Å². The molecule has 0 aliphatic carbocycles. The van der Waals surface area contributed by atoms with Crippen molar-refractivity contribution >= 4 is 0 Å². The minimum absolute atomic E-state index is 0.176. The lowest BCUT2D eigenvalue weighted by molar-refractivity contribution is -0.135. The zero-order valence-electron chi connectivity index (χ0n) is 9.10. The summed E-state index contributed by atoms with van der Waals surface area (Å²) in [5.41, 5.74) is 1.51. The quantitative estimate of drug-likeness (QED) is 0.769. The minimum atomic E-state index is 0.176. The standard InChI is InChI=1S/C12H13NO3/c1-14-12-3-2-9(5-13)4-10(12)6-16-11-7-15-8-11/h2-4,11H,6-8H2,1H3. The largest absolute Gasteiger partial charge is 0.496 e. The highest BCUT2D eigenvalue weighted by molar-refractivity contribution is 5.41. The maximum absolute atomic E-state index is 8.81. The molecule has 0 saturated carbocycles. The molecule has 16 heavy (non-hydrogen) atoms. The van der Waals surface area contributed by atoms with E-state index in [0.29, 0.717) is 25.4 Å². The van der Waals surface area contributed by atoms with E-state index >= 15 is 0 Å². The molecule has 1 aromatic rings. The minimum Gasteiger partial charge on any atom is -0.496 e. The van der Waals surface area contributed by atoms with Crippen molar-refractivity contribution in [1.82, 2.24) is 0 Å². The molecule has 0 atom stereocenters. The molecule has 1 aliphatic heterocycles. The predicted octanol–water partition coefficient (Wildman–Crippen LogP) is 1.48. The van der Waals surface area contributed by atoms with E-state index in [1.54, 1.807) is 25.3 Å². The van der Waals surface area contributed by atoms with Gasteiger partial charge in [0.25, 0.3) is 0 Å². The first-order chi connectivity index (χ1) is 7.83. The Morgan fingerprint density at radius 3 is 2.88 bits per heavy atom. The van der Waals surface area contributed by atoms with Crippen molar-refractivity contribution in [2.45, 2.75) is 12.7 Å². The third-order valence-corrected chi connectivity index (χ3v) is 2.49. The Bertz CT molecular complexity index is 407. The predicted molar refractivity (Wildman–Crippen MR) is 57.1 cm³/mol. The van der Waals surface area contributed by atoms with Crippen LogP contribution in [-0.2, 0) is 16.1 Å². The van der Waals surface area contributed by atoms with Crippen LogP contribution in [-0.4, -0.2) is 26.4 Å². The van der Waals surface area contributed by atoms with Gasteiger partial charge in [-0.25, -0.2) is 0 Å². The Morgan fingerprint density at radius 2 is 2.31 bits per heavy atom. The summed E-state index contributed by atoms with van der Waals surface area (Å²) in [6, 6.07) is 7.41. The Kier molecular flexibility index (Phi) is 3.40. The number of rotatable bonds is 4. The molecule has 0 aromatic heterocycles. The second kappa shape index (κ2) is 4.97. The van der Waals surface area contributed by atoms with Gasteiger partial charge in [0.2, 0.25) is 0 Å². The van der Waals surface area contributed by atoms with E-state index in [-0.39, 0.29) is 6.10 Å². The Labute approximate surface area is 94.3 Å². The molecule has 1 fully saturated rings. The van der Waals surface area contributed by atoms with Gasteiger partial charge in [-0.1, -0.05) is 0 Å². The van der Waals surface area contributed by atoms with E-state index in [1.807, 2.05) is 0 Å². The van der Waals surface area contributed by atoms with Gasteiger partial charge in [-0.2, -0.15) is 5.26 Å². The third kappa shape index (κ3) is 2.32. The maximum atomic E-state index is 8.81. The molecule has 0 spiro atoms. The zero-order valence-corrected chi connectivity index (χ0v) is 9.10. The lowest BCUT2D eigenvalue weighted by atomic mass is 10.1. The molecule has 84 valence electrons. The van der Waals surface area contributed by atoms with Crippen LogP contribution < -0.4 is 4.74 Å². The van der Waals surface area contributed by atoms with E-state index in [9.17, 15) is 0 Å². The highest BCUT2D eigenvalue weighted by atomic mass is 16.6. The first-order valence-electron chi connectivity index (χ1n) is 5.10. The summed E-state index contributed by atoms with van der Waals surface area (Å²) in [6.07, 6.45) is 0.176. The molecule has 0 radical (unpaired) electrons. The van der Waals surface area contributed by atoms with Gasteiger partial charge >= 0.3 is 0 Å². The number of methoxy groups -OCH3 is 1. The molecule has 0 unspecified atom stereocenters. The highest BCUT2D eigenvalue weighted by Gasteiger charge is 2.19. The van der Waals surface area contributed by atoms with Crippen molar-refractivity contribution in [2.24, 2.45) is 0 Å². The number of nitrogens with zero attached hydrogens (tertiary/aromatic N) is 1. The fourth-order valence-electron chi connectivity index (χ4n) is 1.48. The van der Waals surface area contributed by atoms with Crippen molar-refractivity contribution in [3.05, 3.63) is 29.3 Å². The van der Waals surface area contributed by atoms with Gasteiger partial charge in [-0.05, 0) is 18.2 Å². The van der Waals surface area contributed by atoms with Crippen LogP contribution in [0.1, 0.15) is 11.1 Å². The third-order valence-electron chi connectivity index (χ3n) is 2.49. The molecule has 1 saturated heterocycles. The van der Waals surface area contributed by atoms with Crippen LogP contribution in [0.5, 0.6) is 5.75 Å². The van der Waals surface area contributed by atoms with Crippen molar-refractivity contribution in [2.75, 3.05) is 20.3 Å². The second-order valence-corrected chi connectivity index (χ2v) is 3.61. The molecule has 0 N–H and O–H groups in total. The molecule has 2 rings (SSSR count). The summed E-state index contributed by atoms with van der Waals surface area (Å²) in [6.45, 7) is 1.76. The van der Waals surface area contributed by atoms with E-state index in [0.717, 1.165) is 11.3 Å². The molecule has 0 bridgehead atoms. The maximum Gasteiger partial charge on any atom is 0.124 e. The van der Waals surface area contributed by atoms with Gasteiger partial charge in [0.1, 0.15) is 11.9 Å². The van der Waals surface area contributed by atoms with Crippen LogP contribution in [0.15, 0.2) is 18.2 Å². The molecular formula is C12H13NO3. The molecule has 1 aromatic carbocycles. The number of ether oxygens (including phenoxy) is 3. The Hall–Kier alpha value is -1.57. The zero-order chi connectivity index (χ0) is 11.4.